The molecule has 0 bridgehead atoms. The molecule has 4 nitrogen and oxygen atoms in total. The van der Waals surface area contributed by atoms with E-state index in [2.05, 4.69) is 41.4 Å². The molecule has 0 saturated heterocycles. The Morgan fingerprint density at radius 2 is 1.76 bits per heavy atom. The highest BCUT2D eigenvalue weighted by Gasteiger charge is 2.17. The number of phenols is 1. The van der Waals surface area contributed by atoms with Crippen molar-refractivity contribution in [3.8, 4) is 22.8 Å². The Morgan fingerprint density at radius 1 is 0.960 bits per heavy atom. The Hall–Kier alpha value is -3.14. The van der Waals surface area contributed by atoms with Crippen molar-refractivity contribution in [3.05, 3.63) is 72.1 Å². The molecule has 0 saturated carbocycles. The first-order valence-electron chi connectivity index (χ1n) is 8.41. The average molecular weight is 329 g/mol. The molecule has 0 amide bonds. The zero-order valence-electron chi connectivity index (χ0n) is 14.3. The van der Waals surface area contributed by atoms with Gasteiger partial charge in [0.05, 0.1) is 11.3 Å². The largest absolute Gasteiger partial charge is 0.507 e. The van der Waals surface area contributed by atoms with Gasteiger partial charge in [-0.1, -0.05) is 49.4 Å². The van der Waals surface area contributed by atoms with E-state index in [0.717, 1.165) is 34.3 Å². The smallest absolute Gasteiger partial charge is 0.172 e. The summed E-state index contributed by atoms with van der Waals surface area (Å²) in [6.45, 7) is 4.02. The van der Waals surface area contributed by atoms with Crippen LogP contribution in [0.1, 0.15) is 18.3 Å². The maximum absolute atomic E-state index is 10.4. The summed E-state index contributed by atoms with van der Waals surface area (Å²) in [6.07, 6.45) is 0.897. The van der Waals surface area contributed by atoms with E-state index in [-0.39, 0.29) is 5.75 Å². The Morgan fingerprint density at radius 3 is 2.60 bits per heavy atom. The summed E-state index contributed by atoms with van der Waals surface area (Å²) in [7, 11) is 0. The third kappa shape index (κ3) is 2.56. The number of phenolic OH excluding ortho intramolecular Hbond substituents is 1. The SMILES string of the molecule is CCc1ccc(O)c(-c2nnc(C)n2-c2cccc3ccccc23)c1. The number of aromatic nitrogens is 3. The maximum Gasteiger partial charge on any atom is 0.172 e. The Labute approximate surface area is 146 Å². The second-order valence-electron chi connectivity index (χ2n) is 6.11. The monoisotopic (exact) mass is 329 g/mol. The van der Waals surface area contributed by atoms with Gasteiger partial charge in [-0.15, -0.1) is 10.2 Å². The van der Waals surface area contributed by atoms with Gasteiger partial charge in [0, 0.05) is 5.39 Å². The van der Waals surface area contributed by atoms with E-state index in [1.54, 1.807) is 6.07 Å². The van der Waals surface area contributed by atoms with Crippen LogP contribution in [0.15, 0.2) is 60.7 Å². The Bertz CT molecular complexity index is 1060. The van der Waals surface area contributed by atoms with Gasteiger partial charge in [-0.25, -0.2) is 0 Å². The van der Waals surface area contributed by atoms with E-state index in [1.165, 1.54) is 0 Å². The topological polar surface area (TPSA) is 50.9 Å². The van der Waals surface area contributed by atoms with Crippen molar-refractivity contribution in [3.63, 3.8) is 0 Å². The van der Waals surface area contributed by atoms with Gasteiger partial charge >= 0.3 is 0 Å². The normalized spacial score (nSPS) is 11.1. The van der Waals surface area contributed by atoms with Crippen molar-refractivity contribution < 1.29 is 5.11 Å². The number of hydrogen-bond acceptors (Lipinski definition) is 3. The van der Waals surface area contributed by atoms with Crippen LogP contribution in [0.3, 0.4) is 0 Å². The van der Waals surface area contributed by atoms with Gasteiger partial charge in [-0.3, -0.25) is 4.57 Å². The molecule has 0 aliphatic heterocycles. The molecule has 1 heterocycles. The highest BCUT2D eigenvalue weighted by Crippen LogP contribution is 2.33. The number of aromatic hydroxyl groups is 1. The first-order chi connectivity index (χ1) is 12.2. The zero-order chi connectivity index (χ0) is 17.4. The number of rotatable bonds is 3. The highest BCUT2D eigenvalue weighted by molar-refractivity contribution is 5.91. The molecule has 0 atom stereocenters. The quantitative estimate of drug-likeness (QED) is 0.594. The molecule has 3 aromatic carbocycles. The molecular weight excluding hydrogens is 310 g/mol. The summed E-state index contributed by atoms with van der Waals surface area (Å²) >= 11 is 0. The third-order valence-electron chi connectivity index (χ3n) is 4.54. The zero-order valence-corrected chi connectivity index (χ0v) is 14.3. The minimum Gasteiger partial charge on any atom is -0.507 e. The fourth-order valence-corrected chi connectivity index (χ4v) is 3.21. The van der Waals surface area contributed by atoms with Crippen molar-refractivity contribution in [2.75, 3.05) is 0 Å². The highest BCUT2D eigenvalue weighted by atomic mass is 16.3. The lowest BCUT2D eigenvalue weighted by Gasteiger charge is -2.13. The van der Waals surface area contributed by atoms with E-state index in [4.69, 9.17) is 0 Å². The molecule has 0 unspecified atom stereocenters. The summed E-state index contributed by atoms with van der Waals surface area (Å²) < 4.78 is 2.01. The van der Waals surface area contributed by atoms with Crippen LogP contribution in [0.2, 0.25) is 0 Å². The molecule has 0 fully saturated rings. The first-order valence-corrected chi connectivity index (χ1v) is 8.41. The van der Waals surface area contributed by atoms with E-state index in [1.807, 2.05) is 41.8 Å². The van der Waals surface area contributed by atoms with Gasteiger partial charge in [-0.2, -0.15) is 0 Å². The second-order valence-corrected chi connectivity index (χ2v) is 6.11. The molecule has 4 heteroatoms. The summed E-state index contributed by atoms with van der Waals surface area (Å²) in [4.78, 5) is 0. The predicted molar refractivity (Wildman–Crippen MR) is 100 cm³/mol. The van der Waals surface area contributed by atoms with Crippen molar-refractivity contribution in [1.29, 1.82) is 0 Å². The van der Waals surface area contributed by atoms with Crippen LogP contribution >= 0.6 is 0 Å². The van der Waals surface area contributed by atoms with Gasteiger partial charge in [0.25, 0.3) is 0 Å². The summed E-state index contributed by atoms with van der Waals surface area (Å²) in [5, 5.41) is 21.3. The number of nitrogens with zero attached hydrogens (tertiary/aromatic N) is 3. The number of fused-ring (bicyclic) bond motifs is 1. The minimum atomic E-state index is 0.214. The van der Waals surface area contributed by atoms with Crippen molar-refractivity contribution in [2.45, 2.75) is 20.3 Å². The lowest BCUT2D eigenvalue weighted by molar-refractivity contribution is 0.476. The molecule has 1 aromatic heterocycles. The van der Waals surface area contributed by atoms with E-state index < -0.39 is 0 Å². The molecule has 0 aliphatic carbocycles. The summed E-state index contributed by atoms with van der Waals surface area (Å²) in [6, 6.07) is 20.1. The Balaban J connectivity index is 2.01. The molecule has 0 radical (unpaired) electrons. The lowest BCUT2D eigenvalue weighted by atomic mass is 10.1. The molecule has 0 aliphatic rings. The lowest BCUT2D eigenvalue weighted by Crippen LogP contribution is -2.01. The molecule has 0 spiro atoms. The van der Waals surface area contributed by atoms with Crippen molar-refractivity contribution in [1.82, 2.24) is 14.8 Å². The van der Waals surface area contributed by atoms with Gasteiger partial charge < -0.3 is 5.11 Å². The minimum absolute atomic E-state index is 0.214. The average Bonchev–Trinajstić information content (AvgIpc) is 3.03. The van der Waals surface area contributed by atoms with E-state index >= 15 is 0 Å². The van der Waals surface area contributed by atoms with Crippen LogP contribution in [0, 0.1) is 6.92 Å². The first kappa shape index (κ1) is 15.4. The van der Waals surface area contributed by atoms with Gasteiger partial charge in [0.15, 0.2) is 5.82 Å². The number of aryl methyl sites for hydroxylation is 2. The molecule has 4 rings (SSSR count). The number of benzene rings is 3. The van der Waals surface area contributed by atoms with Crippen LogP contribution < -0.4 is 0 Å². The Kier molecular flexibility index (Phi) is 3.73. The van der Waals surface area contributed by atoms with Gasteiger partial charge in [0.1, 0.15) is 11.6 Å². The molecular formula is C21H19N3O. The second kappa shape index (κ2) is 6.06. The third-order valence-corrected chi connectivity index (χ3v) is 4.54. The maximum atomic E-state index is 10.4. The van der Waals surface area contributed by atoms with Crippen LogP contribution in [0.4, 0.5) is 0 Å². The molecule has 1 N–H and O–H groups in total. The fraction of sp³-hybridized carbons (Fsp3) is 0.143. The van der Waals surface area contributed by atoms with E-state index in [9.17, 15) is 5.11 Å². The predicted octanol–water partition coefficient (Wildman–Crippen LogP) is 4.66. The molecule has 25 heavy (non-hydrogen) atoms. The molecule has 4 aromatic rings. The summed E-state index contributed by atoms with van der Waals surface area (Å²) in [5.41, 5.74) is 2.86. The standard InChI is InChI=1S/C21H19N3O/c1-3-15-11-12-20(25)18(13-15)21-23-22-14(2)24(21)19-10-6-8-16-7-4-5-9-17(16)19/h4-13,25H,3H2,1-2H3. The van der Waals surface area contributed by atoms with E-state index in [0.29, 0.717) is 11.4 Å². The van der Waals surface area contributed by atoms with Crippen LogP contribution in [-0.4, -0.2) is 19.9 Å². The van der Waals surface area contributed by atoms with Gasteiger partial charge in [-0.05, 0) is 42.5 Å². The van der Waals surface area contributed by atoms with Gasteiger partial charge in [0.2, 0.25) is 0 Å². The summed E-state index contributed by atoms with van der Waals surface area (Å²) in [5.74, 6) is 1.65. The van der Waals surface area contributed by atoms with Crippen molar-refractivity contribution in [2.24, 2.45) is 0 Å². The van der Waals surface area contributed by atoms with Crippen LogP contribution in [0.25, 0.3) is 27.8 Å². The van der Waals surface area contributed by atoms with Crippen molar-refractivity contribution >= 4 is 10.8 Å². The number of hydrogen-bond donors (Lipinski definition) is 1. The molecule has 124 valence electrons. The fourth-order valence-electron chi connectivity index (χ4n) is 3.21. The van der Waals surface area contributed by atoms with Crippen LogP contribution in [0.5, 0.6) is 5.75 Å². The van der Waals surface area contributed by atoms with Crippen LogP contribution in [-0.2, 0) is 6.42 Å².